The Bertz CT molecular complexity index is 3310. The maximum absolute atomic E-state index is 6.64. The molecule has 0 spiro atoms. The van der Waals surface area contributed by atoms with Crippen LogP contribution < -0.4 is 0 Å². The van der Waals surface area contributed by atoms with Crippen molar-refractivity contribution in [2.75, 3.05) is 0 Å². The Labute approximate surface area is 323 Å². The maximum Gasteiger partial charge on any atom is 0.160 e. The Morgan fingerprint density at radius 3 is 2.07 bits per heavy atom. The first-order valence-corrected chi connectivity index (χ1v) is 19.2. The largest absolute Gasteiger partial charge is 0.455 e. The van der Waals surface area contributed by atoms with E-state index in [4.69, 9.17) is 14.4 Å². The van der Waals surface area contributed by atoms with Crippen molar-refractivity contribution in [3.63, 3.8) is 0 Å². The van der Waals surface area contributed by atoms with E-state index in [2.05, 4.69) is 164 Å². The highest BCUT2D eigenvalue weighted by molar-refractivity contribution is 6.27. The molecule has 4 heteroatoms. The van der Waals surface area contributed by atoms with Crippen LogP contribution in [0.15, 0.2) is 190 Å². The molecule has 264 valence electrons. The number of amidine groups is 1. The summed E-state index contributed by atoms with van der Waals surface area (Å²) in [6.45, 7) is 2.23. The first-order chi connectivity index (χ1) is 27.7. The zero-order valence-corrected chi connectivity index (χ0v) is 30.8. The Morgan fingerprint density at radius 1 is 0.482 bits per heavy atom. The van der Waals surface area contributed by atoms with Crippen LogP contribution in [0, 0.1) is 0 Å². The molecule has 11 rings (SSSR count). The van der Waals surface area contributed by atoms with Crippen LogP contribution in [0.3, 0.4) is 0 Å². The van der Waals surface area contributed by atoms with Gasteiger partial charge in [0.25, 0.3) is 0 Å². The molecule has 10 aromatic rings. The summed E-state index contributed by atoms with van der Waals surface area (Å²) in [4.78, 5) is 15.8. The minimum absolute atomic E-state index is 0.684. The molecule has 0 saturated carbocycles. The molecule has 0 amide bonds. The van der Waals surface area contributed by atoms with Crippen molar-refractivity contribution in [2.45, 2.75) is 19.8 Å². The van der Waals surface area contributed by atoms with Crippen LogP contribution in [0.4, 0.5) is 0 Å². The molecule has 0 saturated heterocycles. The number of aliphatic imine (C=N–C) groups is 2. The summed E-state index contributed by atoms with van der Waals surface area (Å²) in [5.74, 6) is 0.684. The SMILES string of the molecule is C/C1=C(/c2ccccc2-c2ccccc2)N=C(c2ccc3ccc4ccc5ccncc5c4c3c2)N=C(c2cc3ccccc3c3oc4ccccc4c23)CC1. The minimum Gasteiger partial charge on any atom is -0.455 e. The lowest BCUT2D eigenvalue weighted by Crippen LogP contribution is -2.11. The minimum atomic E-state index is 0.684. The van der Waals surface area contributed by atoms with Gasteiger partial charge in [-0.3, -0.25) is 4.98 Å². The normalized spacial score (nSPS) is 15.1. The van der Waals surface area contributed by atoms with Gasteiger partial charge in [0.15, 0.2) is 5.84 Å². The van der Waals surface area contributed by atoms with E-state index in [1.165, 1.54) is 21.7 Å². The van der Waals surface area contributed by atoms with Gasteiger partial charge in [0.1, 0.15) is 11.2 Å². The van der Waals surface area contributed by atoms with Crippen molar-refractivity contribution in [3.05, 3.63) is 192 Å². The number of hydrogen-bond donors (Lipinski definition) is 0. The van der Waals surface area contributed by atoms with Crippen LogP contribution in [-0.4, -0.2) is 16.5 Å². The van der Waals surface area contributed by atoms with Crippen LogP contribution in [0.1, 0.15) is 36.5 Å². The number of para-hydroxylation sites is 1. The second-order valence-electron chi connectivity index (χ2n) is 14.7. The van der Waals surface area contributed by atoms with Gasteiger partial charge in [0.05, 0.1) is 11.4 Å². The molecular weight excluding hydrogens is 683 g/mol. The molecule has 0 radical (unpaired) electrons. The van der Waals surface area contributed by atoms with E-state index in [1.807, 2.05) is 18.5 Å². The highest BCUT2D eigenvalue weighted by atomic mass is 16.3. The zero-order chi connectivity index (χ0) is 37.2. The van der Waals surface area contributed by atoms with Crippen molar-refractivity contribution in [3.8, 4) is 11.1 Å². The van der Waals surface area contributed by atoms with E-state index in [9.17, 15) is 0 Å². The van der Waals surface area contributed by atoms with Crippen molar-refractivity contribution in [1.82, 2.24) is 4.98 Å². The van der Waals surface area contributed by atoms with Gasteiger partial charge < -0.3 is 4.42 Å². The van der Waals surface area contributed by atoms with Crippen LogP contribution in [0.2, 0.25) is 0 Å². The van der Waals surface area contributed by atoms with E-state index in [-0.39, 0.29) is 0 Å². The molecule has 0 atom stereocenters. The number of rotatable bonds is 4. The van der Waals surface area contributed by atoms with Crippen molar-refractivity contribution in [2.24, 2.45) is 9.98 Å². The summed E-state index contributed by atoms with van der Waals surface area (Å²) < 4.78 is 6.64. The van der Waals surface area contributed by atoms with E-state index in [1.54, 1.807) is 0 Å². The van der Waals surface area contributed by atoms with Crippen molar-refractivity contribution in [1.29, 1.82) is 0 Å². The average Bonchev–Trinajstić information content (AvgIpc) is 3.65. The summed E-state index contributed by atoms with van der Waals surface area (Å²) in [5, 5.41) is 11.4. The molecule has 0 aliphatic carbocycles. The van der Waals surface area contributed by atoms with Crippen molar-refractivity contribution < 1.29 is 4.42 Å². The Balaban J connectivity index is 1.20. The molecule has 1 aliphatic rings. The number of nitrogens with zero attached hydrogens (tertiary/aromatic N) is 3. The summed E-state index contributed by atoms with van der Waals surface area (Å²) in [6.07, 6.45) is 5.39. The molecule has 4 nitrogen and oxygen atoms in total. The quantitative estimate of drug-likeness (QED) is 0.170. The number of hydrogen-bond acceptors (Lipinski definition) is 4. The van der Waals surface area contributed by atoms with Gasteiger partial charge in [-0.2, -0.15) is 0 Å². The third-order valence-corrected chi connectivity index (χ3v) is 11.4. The third-order valence-electron chi connectivity index (χ3n) is 11.4. The number of aromatic nitrogens is 1. The van der Waals surface area contributed by atoms with E-state index >= 15 is 0 Å². The molecular formula is C52H35N3O. The fraction of sp³-hybridized carbons (Fsp3) is 0.0577. The average molecular weight is 718 g/mol. The van der Waals surface area contributed by atoms with Crippen molar-refractivity contribution >= 4 is 82.3 Å². The number of fused-ring (bicyclic) bond motifs is 10. The molecule has 56 heavy (non-hydrogen) atoms. The molecule has 1 aliphatic heterocycles. The highest BCUT2D eigenvalue weighted by Crippen LogP contribution is 2.40. The summed E-state index contributed by atoms with van der Waals surface area (Å²) in [5.41, 5.74) is 10.4. The first kappa shape index (κ1) is 32.3. The Kier molecular flexibility index (Phi) is 7.49. The monoisotopic (exact) mass is 717 g/mol. The molecule has 0 N–H and O–H groups in total. The smallest absolute Gasteiger partial charge is 0.160 e. The summed E-state index contributed by atoms with van der Waals surface area (Å²) in [7, 11) is 0. The van der Waals surface area contributed by atoms with Gasteiger partial charge in [-0.05, 0) is 93.0 Å². The predicted molar refractivity (Wildman–Crippen MR) is 235 cm³/mol. The van der Waals surface area contributed by atoms with E-state index < -0.39 is 0 Å². The lowest BCUT2D eigenvalue weighted by Gasteiger charge is -2.19. The summed E-state index contributed by atoms with van der Waals surface area (Å²) in [6, 6.07) is 55.9. The van der Waals surface area contributed by atoms with Crippen LogP contribution >= 0.6 is 0 Å². The van der Waals surface area contributed by atoms with Gasteiger partial charge in [-0.15, -0.1) is 0 Å². The fourth-order valence-electron chi connectivity index (χ4n) is 8.65. The van der Waals surface area contributed by atoms with E-state index in [0.29, 0.717) is 5.84 Å². The second-order valence-corrected chi connectivity index (χ2v) is 14.7. The van der Waals surface area contributed by atoms with Crippen LogP contribution in [0.25, 0.3) is 81.9 Å². The molecule has 3 heterocycles. The predicted octanol–water partition coefficient (Wildman–Crippen LogP) is 13.7. The van der Waals surface area contributed by atoms with Gasteiger partial charge in [-0.1, -0.05) is 133 Å². The number of benzene rings is 8. The lowest BCUT2D eigenvalue weighted by atomic mass is 9.91. The van der Waals surface area contributed by atoms with Gasteiger partial charge >= 0.3 is 0 Å². The number of allylic oxidation sites excluding steroid dienone is 1. The highest BCUT2D eigenvalue weighted by Gasteiger charge is 2.23. The second kappa shape index (κ2) is 13.0. The third kappa shape index (κ3) is 5.25. The van der Waals surface area contributed by atoms with Gasteiger partial charge in [-0.25, -0.2) is 9.98 Å². The van der Waals surface area contributed by atoms with Crippen LogP contribution in [0.5, 0.6) is 0 Å². The topological polar surface area (TPSA) is 50.8 Å². The van der Waals surface area contributed by atoms with Crippen LogP contribution in [-0.2, 0) is 0 Å². The standard InChI is InChI=1S/C52H35N3O/c1-32-19-26-46(44-29-37-13-5-6-15-40(37)51-49(44)42-17-9-10-18-47(42)56-51)54-52(55-50(32)41-16-8-7-14-39(41)33-11-3-2-4-12-33)38-25-22-34-20-23-36-24-21-35-27-28-53-31-45(35)48(36)43(34)30-38/h2-18,20-25,27-31H,19,26H2,1H3/b50-32+,54-46?,55-52?. The fourth-order valence-corrected chi connectivity index (χ4v) is 8.65. The molecule has 8 aromatic carbocycles. The zero-order valence-electron chi connectivity index (χ0n) is 30.8. The molecule has 0 fully saturated rings. The van der Waals surface area contributed by atoms with E-state index in [0.717, 1.165) is 101 Å². The van der Waals surface area contributed by atoms with Gasteiger partial charge in [0.2, 0.25) is 0 Å². The molecule has 0 unspecified atom stereocenters. The number of furan rings is 1. The van der Waals surface area contributed by atoms with Gasteiger partial charge in [0, 0.05) is 50.6 Å². The lowest BCUT2D eigenvalue weighted by molar-refractivity contribution is 0.672. The number of pyridine rings is 1. The Morgan fingerprint density at radius 2 is 1.20 bits per heavy atom. The Hall–Kier alpha value is -7.17. The first-order valence-electron chi connectivity index (χ1n) is 19.2. The molecule has 2 aromatic heterocycles. The summed E-state index contributed by atoms with van der Waals surface area (Å²) >= 11 is 0. The maximum atomic E-state index is 6.64. The molecule has 0 bridgehead atoms.